The van der Waals surface area contributed by atoms with Crippen LogP contribution < -0.4 is 5.32 Å². The van der Waals surface area contributed by atoms with Gasteiger partial charge in [0.15, 0.2) is 0 Å². The van der Waals surface area contributed by atoms with Crippen molar-refractivity contribution < 1.29 is 28.9 Å². The van der Waals surface area contributed by atoms with Crippen molar-refractivity contribution in [1.82, 2.24) is 5.32 Å². The fourth-order valence-electron chi connectivity index (χ4n) is 2.50. The highest BCUT2D eigenvalue weighted by molar-refractivity contribution is 5.77. The van der Waals surface area contributed by atoms with Crippen LogP contribution in [0.2, 0.25) is 0 Å². The predicted molar refractivity (Wildman–Crippen MR) is 84.2 cm³/mol. The molecule has 0 aromatic heterocycles. The van der Waals surface area contributed by atoms with Crippen LogP contribution in [-0.2, 0) is 23.8 Å². The van der Waals surface area contributed by atoms with Crippen molar-refractivity contribution in [2.24, 2.45) is 11.8 Å². The van der Waals surface area contributed by atoms with Gasteiger partial charge in [-0.25, -0.2) is 4.79 Å². The highest BCUT2D eigenvalue weighted by Crippen LogP contribution is 2.27. The number of carboxylic acids is 1. The van der Waals surface area contributed by atoms with Crippen molar-refractivity contribution in [2.45, 2.75) is 32.6 Å². The van der Waals surface area contributed by atoms with E-state index < -0.39 is 5.97 Å². The summed E-state index contributed by atoms with van der Waals surface area (Å²) in [6, 6.07) is 0. The summed E-state index contributed by atoms with van der Waals surface area (Å²) in [6.07, 6.45) is 4.90. The molecule has 7 nitrogen and oxygen atoms in total. The van der Waals surface area contributed by atoms with Gasteiger partial charge < -0.3 is 24.6 Å². The van der Waals surface area contributed by atoms with Gasteiger partial charge in [0.2, 0.25) is 5.91 Å². The lowest BCUT2D eigenvalue weighted by Crippen LogP contribution is -2.33. The van der Waals surface area contributed by atoms with Gasteiger partial charge in [0.25, 0.3) is 0 Å². The largest absolute Gasteiger partial charge is 0.480 e. The summed E-state index contributed by atoms with van der Waals surface area (Å²) in [5.41, 5.74) is 0. The summed E-state index contributed by atoms with van der Waals surface area (Å²) in [5, 5.41) is 11.3. The van der Waals surface area contributed by atoms with Crippen LogP contribution >= 0.6 is 0 Å². The molecule has 134 valence electrons. The number of ether oxygens (including phenoxy) is 3. The van der Waals surface area contributed by atoms with Gasteiger partial charge in [0.1, 0.15) is 13.2 Å². The molecule has 1 aliphatic carbocycles. The molecule has 0 unspecified atom stereocenters. The highest BCUT2D eigenvalue weighted by Gasteiger charge is 2.18. The quantitative estimate of drug-likeness (QED) is 0.519. The Balaban J connectivity index is 1.85. The van der Waals surface area contributed by atoms with Gasteiger partial charge in [-0.15, -0.1) is 0 Å². The third-order valence-corrected chi connectivity index (χ3v) is 3.93. The molecule has 1 fully saturated rings. The molecule has 0 saturated heterocycles. The number of nitrogens with one attached hydrogen (secondary N) is 1. The number of carbonyl (C=O) groups excluding carboxylic acids is 1. The van der Waals surface area contributed by atoms with E-state index in [1.807, 2.05) is 0 Å². The number of aliphatic carboxylic acids is 1. The van der Waals surface area contributed by atoms with Crippen LogP contribution in [0.4, 0.5) is 0 Å². The summed E-state index contributed by atoms with van der Waals surface area (Å²) >= 11 is 0. The molecule has 0 heterocycles. The van der Waals surface area contributed by atoms with E-state index in [1.54, 1.807) is 0 Å². The summed E-state index contributed by atoms with van der Waals surface area (Å²) in [7, 11) is 0. The molecule has 0 atom stereocenters. The first-order valence-electron chi connectivity index (χ1n) is 8.29. The number of rotatable bonds is 12. The number of amides is 1. The van der Waals surface area contributed by atoms with Crippen molar-refractivity contribution in [2.75, 3.05) is 46.2 Å². The topological polar surface area (TPSA) is 94.1 Å². The molecule has 1 rings (SSSR count). The summed E-state index contributed by atoms with van der Waals surface area (Å²) < 4.78 is 15.2. The number of carbonyl (C=O) groups is 2. The highest BCUT2D eigenvalue weighted by atomic mass is 16.5. The Morgan fingerprint density at radius 2 is 1.52 bits per heavy atom. The summed E-state index contributed by atoms with van der Waals surface area (Å²) in [6.45, 7) is 3.96. The predicted octanol–water partition coefficient (Wildman–Crippen LogP) is 1.06. The summed E-state index contributed by atoms with van der Waals surface area (Å²) in [4.78, 5) is 21.8. The molecule has 2 N–H and O–H groups in total. The molecular formula is C16H29NO6. The third-order valence-electron chi connectivity index (χ3n) is 3.93. The monoisotopic (exact) mass is 331 g/mol. The standard InChI is InChI=1S/C16H29NO6/c1-13-2-4-14(5-3-13)10-17-15(18)11-22-8-6-21-7-9-23-12-16(19)20/h13-14H,2-12H2,1H3,(H,17,18)(H,19,20). The van der Waals surface area contributed by atoms with E-state index in [0.717, 1.165) is 12.5 Å². The first-order chi connectivity index (χ1) is 11.1. The molecule has 1 aliphatic rings. The van der Waals surface area contributed by atoms with Crippen LogP contribution in [0.1, 0.15) is 32.6 Å². The normalized spacial score (nSPS) is 21.1. The van der Waals surface area contributed by atoms with E-state index in [2.05, 4.69) is 12.2 Å². The van der Waals surface area contributed by atoms with Crippen LogP contribution in [0.15, 0.2) is 0 Å². The second-order valence-corrected chi connectivity index (χ2v) is 6.04. The fraction of sp³-hybridized carbons (Fsp3) is 0.875. The van der Waals surface area contributed by atoms with Crippen LogP contribution in [0.3, 0.4) is 0 Å². The van der Waals surface area contributed by atoms with Gasteiger partial charge in [-0.1, -0.05) is 19.8 Å². The van der Waals surface area contributed by atoms with E-state index in [-0.39, 0.29) is 25.7 Å². The van der Waals surface area contributed by atoms with Crippen molar-refractivity contribution in [3.63, 3.8) is 0 Å². The lowest BCUT2D eigenvalue weighted by molar-refractivity contribution is -0.142. The number of hydrogen-bond donors (Lipinski definition) is 2. The Kier molecular flexibility index (Phi) is 10.6. The minimum absolute atomic E-state index is 0.0436. The Morgan fingerprint density at radius 1 is 0.957 bits per heavy atom. The average Bonchev–Trinajstić information content (AvgIpc) is 2.52. The molecule has 1 amide bonds. The minimum atomic E-state index is -0.998. The summed E-state index contributed by atoms with van der Waals surface area (Å²) in [5.74, 6) is 0.333. The number of carboxylic acid groups (broad SMARTS) is 1. The van der Waals surface area contributed by atoms with Crippen LogP contribution in [0.5, 0.6) is 0 Å². The molecule has 0 aromatic rings. The van der Waals surface area contributed by atoms with E-state index in [0.29, 0.717) is 25.7 Å². The van der Waals surface area contributed by atoms with Gasteiger partial charge in [0.05, 0.1) is 26.4 Å². The van der Waals surface area contributed by atoms with Crippen LogP contribution in [-0.4, -0.2) is 63.2 Å². The number of hydrogen-bond acceptors (Lipinski definition) is 5. The lowest BCUT2D eigenvalue weighted by Gasteiger charge is -2.26. The van der Waals surface area contributed by atoms with Crippen LogP contribution in [0, 0.1) is 11.8 Å². The maximum Gasteiger partial charge on any atom is 0.329 e. The maximum atomic E-state index is 11.6. The van der Waals surface area contributed by atoms with Gasteiger partial charge in [-0.2, -0.15) is 0 Å². The first kappa shape index (κ1) is 19.9. The Bertz CT molecular complexity index is 341. The van der Waals surface area contributed by atoms with E-state index in [1.165, 1.54) is 25.7 Å². The van der Waals surface area contributed by atoms with Gasteiger partial charge in [-0.05, 0) is 24.7 Å². The van der Waals surface area contributed by atoms with Gasteiger partial charge in [-0.3, -0.25) is 4.79 Å². The Labute approximate surface area is 137 Å². The van der Waals surface area contributed by atoms with Crippen molar-refractivity contribution in [3.05, 3.63) is 0 Å². The van der Waals surface area contributed by atoms with Gasteiger partial charge in [0, 0.05) is 6.54 Å². The lowest BCUT2D eigenvalue weighted by atomic mass is 9.83. The Morgan fingerprint density at radius 3 is 2.13 bits per heavy atom. The maximum absolute atomic E-state index is 11.6. The van der Waals surface area contributed by atoms with E-state index in [4.69, 9.17) is 19.3 Å². The van der Waals surface area contributed by atoms with Crippen molar-refractivity contribution in [3.8, 4) is 0 Å². The molecule has 0 aromatic carbocycles. The zero-order chi connectivity index (χ0) is 16.9. The smallest absolute Gasteiger partial charge is 0.329 e. The molecule has 0 aliphatic heterocycles. The minimum Gasteiger partial charge on any atom is -0.480 e. The Hall–Kier alpha value is -1.18. The SMILES string of the molecule is CC1CCC(CNC(=O)COCCOCCOCC(=O)O)CC1. The second kappa shape index (κ2) is 12.3. The molecule has 0 bridgehead atoms. The van der Waals surface area contributed by atoms with E-state index in [9.17, 15) is 9.59 Å². The molecule has 0 radical (unpaired) electrons. The molecule has 0 spiro atoms. The molecule has 7 heteroatoms. The second-order valence-electron chi connectivity index (χ2n) is 6.04. The molecule has 23 heavy (non-hydrogen) atoms. The van der Waals surface area contributed by atoms with Gasteiger partial charge >= 0.3 is 5.97 Å². The average molecular weight is 331 g/mol. The van der Waals surface area contributed by atoms with Crippen LogP contribution in [0.25, 0.3) is 0 Å². The van der Waals surface area contributed by atoms with Crippen molar-refractivity contribution >= 4 is 11.9 Å². The fourth-order valence-corrected chi connectivity index (χ4v) is 2.50. The third kappa shape index (κ3) is 11.1. The van der Waals surface area contributed by atoms with E-state index >= 15 is 0 Å². The zero-order valence-electron chi connectivity index (χ0n) is 13.9. The molecular weight excluding hydrogens is 302 g/mol. The first-order valence-corrected chi connectivity index (χ1v) is 8.29. The zero-order valence-corrected chi connectivity index (χ0v) is 13.9. The van der Waals surface area contributed by atoms with Crippen molar-refractivity contribution in [1.29, 1.82) is 0 Å². The molecule has 1 saturated carbocycles.